The summed E-state index contributed by atoms with van der Waals surface area (Å²) in [5.74, 6) is -0.767. The Labute approximate surface area is 192 Å². The van der Waals surface area contributed by atoms with E-state index in [1.165, 1.54) is 0 Å². The molecule has 0 aromatic rings. The van der Waals surface area contributed by atoms with Gasteiger partial charge in [-0.25, -0.2) is 9.59 Å². The number of hydrogen-bond donors (Lipinski definition) is 5. The number of hydrogen-bond acceptors (Lipinski definition) is 10. The largest absolute Gasteiger partial charge is 0.452 e. The van der Waals surface area contributed by atoms with Gasteiger partial charge in [-0.2, -0.15) is 4.99 Å². The van der Waals surface area contributed by atoms with E-state index in [-0.39, 0.29) is 6.54 Å². The van der Waals surface area contributed by atoms with Gasteiger partial charge < -0.3 is 40.2 Å². The van der Waals surface area contributed by atoms with Crippen molar-refractivity contribution in [3.05, 3.63) is 0 Å². The second kappa shape index (κ2) is 11.2. The van der Waals surface area contributed by atoms with E-state index in [2.05, 4.69) is 17.0 Å². The molecule has 13 nitrogen and oxygen atoms in total. The van der Waals surface area contributed by atoms with Gasteiger partial charge >= 0.3 is 12.2 Å². The van der Waals surface area contributed by atoms with E-state index in [1.807, 2.05) is 0 Å². The van der Waals surface area contributed by atoms with Crippen molar-refractivity contribution in [2.75, 3.05) is 19.7 Å². The molecule has 0 spiro atoms. The maximum absolute atomic E-state index is 13.1. The third-order valence-corrected chi connectivity index (χ3v) is 4.81. The summed E-state index contributed by atoms with van der Waals surface area (Å²) in [4.78, 5) is 46.6. The zero-order valence-corrected chi connectivity index (χ0v) is 19.9. The van der Waals surface area contributed by atoms with Crippen LogP contribution < -0.4 is 5.32 Å². The Bertz CT molecular complexity index is 719. The Hall–Kier alpha value is -2.32. The molecule has 1 saturated heterocycles. The molecule has 0 aliphatic carbocycles. The molecule has 1 fully saturated rings. The van der Waals surface area contributed by atoms with E-state index in [0.29, 0.717) is 0 Å². The molecule has 0 aromatic carbocycles. The number of rotatable bonds is 6. The van der Waals surface area contributed by atoms with E-state index in [4.69, 9.17) is 9.57 Å². The van der Waals surface area contributed by atoms with E-state index < -0.39 is 72.8 Å². The number of aliphatic hydroxyl groups excluding tert-OH is 4. The number of piperidine rings is 1. The van der Waals surface area contributed by atoms with Gasteiger partial charge in [0.2, 0.25) is 5.91 Å². The Morgan fingerprint density at radius 3 is 2.18 bits per heavy atom. The average molecular weight is 477 g/mol. The second-order valence-corrected chi connectivity index (χ2v) is 9.85. The minimum Gasteiger partial charge on any atom is -0.444 e. The minimum atomic E-state index is -1.60. The number of nitrogens with one attached hydrogen (secondary N) is 1. The number of aliphatic hydroxyl groups is 4. The van der Waals surface area contributed by atoms with Crippen molar-refractivity contribution < 1.29 is 44.4 Å². The Kier molecular flexibility index (Phi) is 9.75. The SMILES string of the molecule is C=NC(=O)ON(CC(=O)N1C[C@H](O)[C@@H](O)[C@H](O)[C@H]1CO)C(NC(=O)OC(C)(C)C)C(C)(C)C. The monoisotopic (exact) mass is 476 g/mol. The molecule has 1 heterocycles. The van der Waals surface area contributed by atoms with Crippen molar-refractivity contribution >= 4 is 24.8 Å². The van der Waals surface area contributed by atoms with Gasteiger partial charge in [-0.1, -0.05) is 20.8 Å². The Morgan fingerprint density at radius 1 is 1.15 bits per heavy atom. The summed E-state index contributed by atoms with van der Waals surface area (Å²) in [6, 6.07) is -1.21. The summed E-state index contributed by atoms with van der Waals surface area (Å²) in [6.07, 6.45) is -7.68. The van der Waals surface area contributed by atoms with Crippen LogP contribution in [0.2, 0.25) is 0 Å². The summed E-state index contributed by atoms with van der Waals surface area (Å²) in [5.41, 5.74) is -1.62. The first kappa shape index (κ1) is 28.7. The smallest absolute Gasteiger partial charge is 0.444 e. The fourth-order valence-corrected chi connectivity index (χ4v) is 3.25. The lowest BCUT2D eigenvalue weighted by molar-refractivity contribution is -0.188. The fourth-order valence-electron chi connectivity index (χ4n) is 3.25. The lowest BCUT2D eigenvalue weighted by Gasteiger charge is -2.44. The molecule has 0 radical (unpaired) electrons. The summed E-state index contributed by atoms with van der Waals surface area (Å²) < 4.78 is 5.27. The highest BCUT2D eigenvalue weighted by Gasteiger charge is 2.45. The van der Waals surface area contributed by atoms with Gasteiger partial charge in [-0.05, 0) is 32.9 Å². The molecular weight excluding hydrogens is 440 g/mol. The summed E-state index contributed by atoms with van der Waals surface area (Å²) in [7, 11) is 0. The predicted molar refractivity (Wildman–Crippen MR) is 116 cm³/mol. The third-order valence-electron chi connectivity index (χ3n) is 4.81. The van der Waals surface area contributed by atoms with Crippen LogP contribution in [0.5, 0.6) is 0 Å². The van der Waals surface area contributed by atoms with Gasteiger partial charge in [0, 0.05) is 6.54 Å². The highest BCUT2D eigenvalue weighted by molar-refractivity contribution is 5.79. The molecule has 0 saturated carbocycles. The van der Waals surface area contributed by atoms with Gasteiger partial charge in [0.15, 0.2) is 0 Å². The molecule has 0 aromatic heterocycles. The lowest BCUT2D eigenvalue weighted by atomic mass is 9.91. The topological polar surface area (TPSA) is 181 Å². The molecule has 3 amide bonds. The van der Waals surface area contributed by atoms with Crippen LogP contribution in [0.15, 0.2) is 4.99 Å². The molecule has 1 unspecified atom stereocenters. The van der Waals surface area contributed by atoms with E-state index >= 15 is 0 Å². The Morgan fingerprint density at radius 2 is 1.73 bits per heavy atom. The standard InChI is InChI=1S/C20H36N4O9/c1-19(2,3)16(22-18(31)32-20(4,5)6)24(33-17(30)21-7)9-13(27)23-8-12(26)15(29)14(28)11(23)10-25/h11-12,14-16,25-26,28-29H,7-10H2,1-6H3,(H,22,31)/t11-,12+,14-,15-,16?/m1/s1. The summed E-state index contributed by atoms with van der Waals surface area (Å²) in [6.45, 7) is 11.5. The third kappa shape index (κ3) is 8.19. The van der Waals surface area contributed by atoms with Crippen molar-refractivity contribution in [1.29, 1.82) is 0 Å². The molecule has 1 aliphatic rings. The molecular formula is C20H36N4O9. The first-order chi connectivity index (χ1) is 15.0. The number of amides is 3. The number of ether oxygens (including phenoxy) is 1. The fraction of sp³-hybridized carbons (Fsp3) is 0.800. The normalized spacial score (nSPS) is 24.8. The molecule has 0 bridgehead atoms. The van der Waals surface area contributed by atoms with Crippen molar-refractivity contribution in [2.45, 2.75) is 77.7 Å². The molecule has 1 rings (SSSR count). The number of nitrogens with zero attached hydrogens (tertiary/aromatic N) is 3. The Balaban J connectivity index is 3.22. The van der Waals surface area contributed by atoms with Gasteiger partial charge in [0.1, 0.15) is 36.6 Å². The predicted octanol–water partition coefficient (Wildman–Crippen LogP) is -0.777. The zero-order valence-electron chi connectivity index (χ0n) is 19.9. The lowest BCUT2D eigenvalue weighted by Crippen LogP contribution is -2.66. The highest BCUT2D eigenvalue weighted by Crippen LogP contribution is 2.25. The van der Waals surface area contributed by atoms with Crippen molar-refractivity contribution in [3.8, 4) is 0 Å². The van der Waals surface area contributed by atoms with E-state index in [9.17, 15) is 34.8 Å². The number of carbonyl (C=O) groups excluding carboxylic acids is 3. The van der Waals surface area contributed by atoms with Crippen molar-refractivity contribution in [3.63, 3.8) is 0 Å². The first-order valence-corrected chi connectivity index (χ1v) is 10.4. The molecule has 1 aliphatic heterocycles. The number of likely N-dealkylation sites (tertiary alicyclic amines) is 1. The highest BCUT2D eigenvalue weighted by atomic mass is 16.7. The number of hydroxylamine groups is 2. The average Bonchev–Trinajstić information content (AvgIpc) is 2.67. The van der Waals surface area contributed by atoms with Gasteiger partial charge in [0.05, 0.1) is 12.6 Å². The number of β-amino-alcohol motifs (C(OH)–C–C–N with tert-alkyl or cyclic N) is 1. The van der Waals surface area contributed by atoms with Gasteiger partial charge in [0.25, 0.3) is 0 Å². The van der Waals surface area contributed by atoms with Gasteiger partial charge in [-0.15, -0.1) is 5.06 Å². The van der Waals surface area contributed by atoms with Crippen LogP contribution in [-0.4, -0.2) is 111 Å². The van der Waals surface area contributed by atoms with Crippen LogP contribution in [-0.2, 0) is 14.4 Å². The number of alkyl carbamates (subject to hydrolysis) is 1. The number of carbonyl (C=O) groups is 3. The van der Waals surface area contributed by atoms with Crippen LogP contribution >= 0.6 is 0 Å². The van der Waals surface area contributed by atoms with Crippen LogP contribution in [0.4, 0.5) is 9.59 Å². The minimum absolute atomic E-state index is 0.385. The maximum atomic E-state index is 13.1. The van der Waals surface area contributed by atoms with Crippen LogP contribution in [0, 0.1) is 5.41 Å². The van der Waals surface area contributed by atoms with E-state index in [1.54, 1.807) is 41.5 Å². The van der Waals surface area contributed by atoms with E-state index in [0.717, 1.165) is 9.96 Å². The van der Waals surface area contributed by atoms with Crippen LogP contribution in [0.1, 0.15) is 41.5 Å². The summed E-state index contributed by atoms with van der Waals surface area (Å²) >= 11 is 0. The van der Waals surface area contributed by atoms with Crippen LogP contribution in [0.3, 0.4) is 0 Å². The maximum Gasteiger partial charge on any atom is 0.452 e. The van der Waals surface area contributed by atoms with Crippen molar-refractivity contribution in [1.82, 2.24) is 15.3 Å². The molecule has 5 atom stereocenters. The second-order valence-electron chi connectivity index (χ2n) is 9.85. The first-order valence-electron chi connectivity index (χ1n) is 10.4. The summed E-state index contributed by atoms with van der Waals surface area (Å²) in [5, 5.41) is 43.1. The quantitative estimate of drug-likeness (QED) is 0.185. The molecule has 190 valence electrons. The molecule has 33 heavy (non-hydrogen) atoms. The number of aliphatic imine (C=N–C) groups is 1. The van der Waals surface area contributed by atoms with Crippen LogP contribution in [0.25, 0.3) is 0 Å². The zero-order chi connectivity index (χ0) is 25.7. The van der Waals surface area contributed by atoms with Crippen molar-refractivity contribution in [2.24, 2.45) is 10.4 Å². The molecule has 5 N–H and O–H groups in total. The van der Waals surface area contributed by atoms with Gasteiger partial charge in [-0.3, -0.25) is 4.79 Å². The molecule has 13 heteroatoms.